The summed E-state index contributed by atoms with van der Waals surface area (Å²) in [5.74, 6) is -0.115. The molecule has 3 aromatic rings. The summed E-state index contributed by atoms with van der Waals surface area (Å²) in [6.07, 6.45) is 1.65. The molecule has 3 rings (SSSR count). The van der Waals surface area contributed by atoms with Gasteiger partial charge >= 0.3 is 0 Å². The summed E-state index contributed by atoms with van der Waals surface area (Å²) in [6, 6.07) is 16.8. The first-order valence-corrected chi connectivity index (χ1v) is 6.70. The van der Waals surface area contributed by atoms with Crippen LogP contribution in [-0.4, -0.2) is 10.9 Å². The number of nitrogens with one attached hydrogen (secondary N) is 1. The molecule has 3 N–H and O–H groups in total. The predicted molar refractivity (Wildman–Crippen MR) is 83.8 cm³/mol. The molecule has 0 aliphatic heterocycles. The maximum Gasteiger partial charge on any atom is 0.252 e. The summed E-state index contributed by atoms with van der Waals surface area (Å²) in [6.45, 7) is 0.445. The fourth-order valence-corrected chi connectivity index (χ4v) is 2.27. The number of anilines is 1. The molecule has 0 spiro atoms. The molecule has 21 heavy (non-hydrogen) atoms. The molecule has 1 amide bonds. The van der Waals surface area contributed by atoms with Gasteiger partial charge in [-0.3, -0.25) is 9.78 Å². The molecule has 0 saturated heterocycles. The number of nitrogens with zero attached hydrogens (tertiary/aromatic N) is 1. The van der Waals surface area contributed by atoms with Gasteiger partial charge in [-0.05, 0) is 29.8 Å². The van der Waals surface area contributed by atoms with Gasteiger partial charge in [-0.25, -0.2) is 0 Å². The Kier molecular flexibility index (Phi) is 3.51. The van der Waals surface area contributed by atoms with Gasteiger partial charge in [0.2, 0.25) is 0 Å². The zero-order valence-corrected chi connectivity index (χ0v) is 11.4. The van der Waals surface area contributed by atoms with E-state index in [1.807, 2.05) is 48.5 Å². The third kappa shape index (κ3) is 2.84. The van der Waals surface area contributed by atoms with Gasteiger partial charge < -0.3 is 11.1 Å². The summed E-state index contributed by atoms with van der Waals surface area (Å²) in [5, 5.41) is 3.76. The van der Waals surface area contributed by atoms with Crippen LogP contribution in [-0.2, 0) is 6.54 Å². The predicted octanol–water partition coefficient (Wildman–Crippen LogP) is 2.75. The lowest BCUT2D eigenvalue weighted by atomic mass is 10.1. The molecule has 0 aliphatic carbocycles. The Morgan fingerprint density at radius 2 is 1.95 bits per heavy atom. The van der Waals surface area contributed by atoms with Crippen molar-refractivity contribution in [2.75, 3.05) is 5.73 Å². The molecular formula is C17H15N3O. The Bertz CT molecular complexity index is 793. The van der Waals surface area contributed by atoms with Gasteiger partial charge in [0.25, 0.3) is 5.91 Å². The first-order chi connectivity index (χ1) is 10.2. The van der Waals surface area contributed by atoms with Crippen molar-refractivity contribution in [1.29, 1.82) is 0 Å². The normalized spacial score (nSPS) is 10.5. The standard InChI is InChI=1S/C17H15N3O/c18-13-5-3-4-12(10-13)11-20-17(21)15-8-9-19-16-7-2-1-6-14(15)16/h1-10H,11,18H2,(H,20,21). The van der Waals surface area contributed by atoms with Crippen LogP contribution in [0, 0.1) is 0 Å². The zero-order chi connectivity index (χ0) is 14.7. The Labute approximate surface area is 122 Å². The number of hydrogen-bond acceptors (Lipinski definition) is 3. The number of pyridine rings is 1. The number of carbonyl (C=O) groups excluding carboxylic acids is 1. The molecule has 0 unspecified atom stereocenters. The van der Waals surface area contributed by atoms with E-state index in [1.54, 1.807) is 12.3 Å². The van der Waals surface area contributed by atoms with Crippen LogP contribution in [0.2, 0.25) is 0 Å². The van der Waals surface area contributed by atoms with E-state index >= 15 is 0 Å². The molecule has 0 aliphatic rings. The number of hydrogen-bond donors (Lipinski definition) is 2. The van der Waals surface area contributed by atoms with Gasteiger partial charge in [0, 0.05) is 23.8 Å². The third-order valence-electron chi connectivity index (χ3n) is 3.30. The van der Waals surface area contributed by atoms with Gasteiger partial charge in [-0.1, -0.05) is 30.3 Å². The maximum absolute atomic E-state index is 12.3. The first-order valence-electron chi connectivity index (χ1n) is 6.70. The lowest BCUT2D eigenvalue weighted by Crippen LogP contribution is -2.23. The Morgan fingerprint density at radius 1 is 1.10 bits per heavy atom. The quantitative estimate of drug-likeness (QED) is 0.723. The van der Waals surface area contributed by atoms with Gasteiger partial charge in [0.15, 0.2) is 0 Å². The fourth-order valence-electron chi connectivity index (χ4n) is 2.27. The van der Waals surface area contributed by atoms with Gasteiger partial charge in [-0.15, -0.1) is 0 Å². The second-order valence-electron chi connectivity index (χ2n) is 4.80. The fraction of sp³-hybridized carbons (Fsp3) is 0.0588. The van der Waals surface area contributed by atoms with Crippen LogP contribution in [0.15, 0.2) is 60.8 Å². The first kappa shape index (κ1) is 13.1. The summed E-state index contributed by atoms with van der Waals surface area (Å²) in [7, 11) is 0. The van der Waals surface area contributed by atoms with E-state index in [0.29, 0.717) is 17.8 Å². The van der Waals surface area contributed by atoms with E-state index in [-0.39, 0.29) is 5.91 Å². The van der Waals surface area contributed by atoms with Crippen LogP contribution in [0.1, 0.15) is 15.9 Å². The van der Waals surface area contributed by atoms with E-state index < -0.39 is 0 Å². The molecule has 0 atom stereocenters. The molecule has 104 valence electrons. The van der Waals surface area contributed by atoms with Gasteiger partial charge in [0.05, 0.1) is 11.1 Å². The number of amides is 1. The van der Waals surface area contributed by atoms with E-state index in [2.05, 4.69) is 10.3 Å². The minimum absolute atomic E-state index is 0.115. The number of nitrogen functional groups attached to an aromatic ring is 1. The van der Waals surface area contributed by atoms with Crippen LogP contribution in [0.3, 0.4) is 0 Å². The van der Waals surface area contributed by atoms with Crippen LogP contribution in [0.5, 0.6) is 0 Å². The summed E-state index contributed by atoms with van der Waals surface area (Å²) in [4.78, 5) is 16.6. The van der Waals surface area contributed by atoms with Crippen molar-refractivity contribution in [3.63, 3.8) is 0 Å². The number of benzene rings is 2. The van der Waals surface area contributed by atoms with Crippen LogP contribution in [0.25, 0.3) is 10.9 Å². The van der Waals surface area contributed by atoms with E-state index in [4.69, 9.17) is 5.73 Å². The number of fused-ring (bicyclic) bond motifs is 1. The molecule has 0 fully saturated rings. The molecule has 1 aromatic heterocycles. The molecule has 4 heteroatoms. The average molecular weight is 277 g/mol. The van der Waals surface area contributed by atoms with Gasteiger partial charge in [-0.2, -0.15) is 0 Å². The number of aromatic nitrogens is 1. The highest BCUT2D eigenvalue weighted by atomic mass is 16.1. The maximum atomic E-state index is 12.3. The zero-order valence-electron chi connectivity index (χ0n) is 11.4. The van der Waals surface area contributed by atoms with Crippen molar-refractivity contribution in [1.82, 2.24) is 10.3 Å². The highest BCUT2D eigenvalue weighted by molar-refractivity contribution is 6.05. The topological polar surface area (TPSA) is 68.0 Å². The lowest BCUT2D eigenvalue weighted by molar-refractivity contribution is 0.0952. The Hall–Kier alpha value is -2.88. The molecule has 0 bridgehead atoms. The van der Waals surface area contributed by atoms with E-state index in [9.17, 15) is 4.79 Å². The third-order valence-corrected chi connectivity index (χ3v) is 3.30. The highest BCUT2D eigenvalue weighted by Crippen LogP contribution is 2.16. The summed E-state index contributed by atoms with van der Waals surface area (Å²) >= 11 is 0. The van der Waals surface area contributed by atoms with Crippen molar-refractivity contribution < 1.29 is 4.79 Å². The average Bonchev–Trinajstić information content (AvgIpc) is 2.52. The monoisotopic (exact) mass is 277 g/mol. The van der Waals surface area contributed by atoms with E-state index in [1.165, 1.54) is 0 Å². The minimum Gasteiger partial charge on any atom is -0.399 e. The van der Waals surface area contributed by atoms with Crippen LogP contribution in [0.4, 0.5) is 5.69 Å². The minimum atomic E-state index is -0.115. The molecule has 0 radical (unpaired) electrons. The SMILES string of the molecule is Nc1cccc(CNC(=O)c2ccnc3ccccc23)c1. The number of carbonyl (C=O) groups is 1. The molecule has 4 nitrogen and oxygen atoms in total. The van der Waals surface area contributed by atoms with Crippen molar-refractivity contribution in [2.45, 2.75) is 6.54 Å². The summed E-state index contributed by atoms with van der Waals surface area (Å²) < 4.78 is 0. The lowest BCUT2D eigenvalue weighted by Gasteiger charge is -2.08. The molecule has 0 saturated carbocycles. The Balaban J connectivity index is 1.81. The van der Waals surface area contributed by atoms with Crippen LogP contribution < -0.4 is 11.1 Å². The van der Waals surface area contributed by atoms with Crippen LogP contribution >= 0.6 is 0 Å². The molecule has 1 heterocycles. The van der Waals surface area contributed by atoms with Crippen molar-refractivity contribution in [2.24, 2.45) is 0 Å². The smallest absolute Gasteiger partial charge is 0.252 e. The second-order valence-corrected chi connectivity index (χ2v) is 4.80. The number of nitrogens with two attached hydrogens (primary N) is 1. The number of para-hydroxylation sites is 1. The van der Waals surface area contributed by atoms with E-state index in [0.717, 1.165) is 16.5 Å². The van der Waals surface area contributed by atoms with Crippen molar-refractivity contribution in [3.8, 4) is 0 Å². The van der Waals surface area contributed by atoms with Crippen molar-refractivity contribution in [3.05, 3.63) is 71.9 Å². The number of rotatable bonds is 3. The largest absolute Gasteiger partial charge is 0.399 e. The summed E-state index contributed by atoms with van der Waals surface area (Å²) in [5.41, 5.74) is 8.84. The Morgan fingerprint density at radius 3 is 2.81 bits per heavy atom. The van der Waals surface area contributed by atoms with Crippen molar-refractivity contribution >= 4 is 22.5 Å². The molecule has 2 aromatic carbocycles. The second kappa shape index (κ2) is 5.63. The highest BCUT2D eigenvalue weighted by Gasteiger charge is 2.09. The van der Waals surface area contributed by atoms with Gasteiger partial charge in [0.1, 0.15) is 0 Å². The molecular weight excluding hydrogens is 262 g/mol.